The van der Waals surface area contributed by atoms with Gasteiger partial charge in [0.1, 0.15) is 0 Å². The molecule has 12 heteroatoms. The Balaban J connectivity index is 1.78. The number of urea groups is 1. The van der Waals surface area contributed by atoms with Crippen LogP contribution in [-0.4, -0.2) is 41.9 Å². The second-order valence-electron chi connectivity index (χ2n) is 6.87. The van der Waals surface area contributed by atoms with Gasteiger partial charge >= 0.3 is 6.03 Å². The van der Waals surface area contributed by atoms with Gasteiger partial charge in [0.05, 0.1) is 15.5 Å². The molecule has 2 aromatic carbocycles. The van der Waals surface area contributed by atoms with Crippen molar-refractivity contribution < 1.29 is 18.1 Å². The zero-order valence-corrected chi connectivity index (χ0v) is 18.1. The van der Waals surface area contributed by atoms with Crippen molar-refractivity contribution in [1.29, 1.82) is 0 Å². The lowest BCUT2D eigenvalue weighted by Crippen LogP contribution is -2.43. The second-order valence-corrected chi connectivity index (χ2v) is 9.19. The zero-order chi connectivity index (χ0) is 22.6. The third-order valence-corrected chi connectivity index (χ3v) is 6.98. The number of nitrogens with zero attached hydrogens (tertiary/aromatic N) is 3. The van der Waals surface area contributed by atoms with Gasteiger partial charge in [-0.25, -0.2) is 18.1 Å². The van der Waals surface area contributed by atoms with Crippen LogP contribution in [0, 0.1) is 10.1 Å². The van der Waals surface area contributed by atoms with Crippen LogP contribution in [0.15, 0.2) is 53.4 Å². The van der Waals surface area contributed by atoms with Gasteiger partial charge < -0.3 is 11.1 Å². The molecule has 3 N–H and O–H groups in total. The van der Waals surface area contributed by atoms with E-state index in [9.17, 15) is 23.3 Å². The summed E-state index contributed by atoms with van der Waals surface area (Å²) >= 11 is 5.25. The predicted molar refractivity (Wildman–Crippen MR) is 120 cm³/mol. The fourth-order valence-corrected chi connectivity index (χ4v) is 5.06. The molecular formula is C19H21N5O5S2. The number of amides is 2. The molecule has 0 bridgehead atoms. The van der Waals surface area contributed by atoms with Crippen molar-refractivity contribution >= 4 is 50.4 Å². The third kappa shape index (κ3) is 5.16. The van der Waals surface area contributed by atoms with Crippen LogP contribution in [0.1, 0.15) is 19.3 Å². The van der Waals surface area contributed by atoms with E-state index in [-0.39, 0.29) is 21.4 Å². The van der Waals surface area contributed by atoms with E-state index in [1.54, 1.807) is 0 Å². The first kappa shape index (κ1) is 22.6. The van der Waals surface area contributed by atoms with E-state index in [1.165, 1.54) is 52.8 Å². The van der Waals surface area contributed by atoms with Crippen LogP contribution in [0.25, 0.3) is 0 Å². The first-order chi connectivity index (χ1) is 14.7. The number of anilines is 2. The third-order valence-electron chi connectivity index (χ3n) is 4.78. The standard InChI is InChI=1S/C19H21N5O5S2/c20-18(25)23(15-5-4-6-16(13-15)24(26)27)19(30)21-14-7-9-17(10-8-14)31(28,29)22-11-2-1-3-12-22/h4-10,13H,1-3,11-12H2,(H2,20,25)(H,21,30). The Labute approximate surface area is 184 Å². The minimum Gasteiger partial charge on any atom is -0.351 e. The maximum Gasteiger partial charge on any atom is 0.325 e. The van der Waals surface area contributed by atoms with Gasteiger partial charge in [0.15, 0.2) is 5.11 Å². The van der Waals surface area contributed by atoms with E-state index in [1.807, 2.05) is 0 Å². The molecule has 1 aliphatic heterocycles. The molecule has 2 amide bonds. The number of hydrogen-bond acceptors (Lipinski definition) is 6. The minimum absolute atomic E-state index is 0.111. The molecule has 164 valence electrons. The molecule has 1 aliphatic rings. The molecule has 0 saturated carbocycles. The summed E-state index contributed by atoms with van der Waals surface area (Å²) in [4.78, 5) is 23.4. The monoisotopic (exact) mass is 463 g/mol. The molecule has 0 radical (unpaired) electrons. The van der Waals surface area contributed by atoms with Gasteiger partial charge in [-0.3, -0.25) is 10.1 Å². The summed E-state index contributed by atoms with van der Waals surface area (Å²) in [5.41, 5.74) is 5.75. The van der Waals surface area contributed by atoms with Gasteiger partial charge in [-0.1, -0.05) is 12.5 Å². The van der Waals surface area contributed by atoms with E-state index in [2.05, 4.69) is 5.32 Å². The van der Waals surface area contributed by atoms with Crippen molar-refractivity contribution in [3.05, 3.63) is 58.6 Å². The lowest BCUT2D eigenvalue weighted by Gasteiger charge is -2.26. The molecule has 3 rings (SSSR count). The van der Waals surface area contributed by atoms with Crippen LogP contribution in [0.5, 0.6) is 0 Å². The minimum atomic E-state index is -3.57. The summed E-state index contributed by atoms with van der Waals surface area (Å²) < 4.78 is 27.0. The number of carbonyl (C=O) groups is 1. The Bertz CT molecular complexity index is 1100. The Hall–Kier alpha value is -3.09. The Kier molecular flexibility index (Phi) is 6.83. The van der Waals surface area contributed by atoms with Crippen LogP contribution >= 0.6 is 12.2 Å². The number of nitrogens with one attached hydrogen (secondary N) is 1. The van der Waals surface area contributed by atoms with Crippen LogP contribution < -0.4 is 16.0 Å². The Morgan fingerprint density at radius 1 is 1.13 bits per heavy atom. The molecule has 2 aromatic rings. The Morgan fingerprint density at radius 2 is 1.77 bits per heavy atom. The van der Waals surface area contributed by atoms with Gasteiger partial charge in [0, 0.05) is 30.9 Å². The highest BCUT2D eigenvalue weighted by Gasteiger charge is 2.26. The SMILES string of the molecule is NC(=O)N(C(=S)Nc1ccc(S(=O)(=O)N2CCCCC2)cc1)c1cccc([N+](=O)[O-])c1. The van der Waals surface area contributed by atoms with Crippen molar-refractivity contribution in [2.75, 3.05) is 23.3 Å². The quantitative estimate of drug-likeness (QED) is 0.395. The van der Waals surface area contributed by atoms with Gasteiger partial charge in [0.2, 0.25) is 10.0 Å². The number of non-ortho nitro benzene ring substituents is 1. The largest absolute Gasteiger partial charge is 0.351 e. The van der Waals surface area contributed by atoms with E-state index < -0.39 is 21.0 Å². The van der Waals surface area contributed by atoms with Gasteiger partial charge in [-0.2, -0.15) is 4.31 Å². The molecule has 0 aromatic heterocycles. The molecule has 0 unspecified atom stereocenters. The number of hydrogen-bond donors (Lipinski definition) is 2. The topological polar surface area (TPSA) is 139 Å². The van der Waals surface area contributed by atoms with Crippen LogP contribution in [0.2, 0.25) is 0 Å². The predicted octanol–water partition coefficient (Wildman–Crippen LogP) is 3.05. The van der Waals surface area contributed by atoms with Crippen LogP contribution in [-0.2, 0) is 10.0 Å². The highest BCUT2D eigenvalue weighted by Crippen LogP contribution is 2.24. The average molecular weight is 464 g/mol. The second kappa shape index (κ2) is 9.37. The van der Waals surface area contributed by atoms with Crippen LogP contribution in [0.4, 0.5) is 21.9 Å². The van der Waals surface area contributed by atoms with E-state index >= 15 is 0 Å². The van der Waals surface area contributed by atoms with E-state index in [0.717, 1.165) is 24.2 Å². The smallest absolute Gasteiger partial charge is 0.325 e. The number of nitrogens with two attached hydrogens (primary N) is 1. The number of benzene rings is 2. The number of rotatable bonds is 5. The highest BCUT2D eigenvalue weighted by atomic mass is 32.2. The van der Waals surface area contributed by atoms with Gasteiger partial charge in [-0.05, 0) is 55.4 Å². The summed E-state index contributed by atoms with van der Waals surface area (Å²) in [5, 5.41) is 13.7. The lowest BCUT2D eigenvalue weighted by molar-refractivity contribution is -0.384. The molecule has 1 saturated heterocycles. The Morgan fingerprint density at radius 3 is 2.35 bits per heavy atom. The normalized spacial score (nSPS) is 14.6. The molecule has 31 heavy (non-hydrogen) atoms. The zero-order valence-electron chi connectivity index (χ0n) is 16.4. The van der Waals surface area contributed by atoms with Crippen molar-refractivity contribution in [1.82, 2.24) is 4.31 Å². The van der Waals surface area contributed by atoms with Crippen molar-refractivity contribution in [2.24, 2.45) is 5.73 Å². The molecule has 10 nitrogen and oxygen atoms in total. The summed E-state index contributed by atoms with van der Waals surface area (Å²) in [6.45, 7) is 1.01. The fraction of sp³-hybridized carbons (Fsp3) is 0.263. The number of thiocarbonyl (C=S) groups is 1. The van der Waals surface area contributed by atoms with Crippen molar-refractivity contribution in [3.63, 3.8) is 0 Å². The molecule has 0 aliphatic carbocycles. The van der Waals surface area contributed by atoms with Gasteiger partial charge in [-0.15, -0.1) is 0 Å². The maximum atomic E-state index is 12.7. The fourth-order valence-electron chi connectivity index (χ4n) is 3.23. The molecular weight excluding hydrogens is 442 g/mol. The average Bonchev–Trinajstić information content (AvgIpc) is 2.75. The van der Waals surface area contributed by atoms with Crippen molar-refractivity contribution in [2.45, 2.75) is 24.2 Å². The first-order valence-electron chi connectivity index (χ1n) is 9.45. The van der Waals surface area contributed by atoms with E-state index in [0.29, 0.717) is 18.8 Å². The highest BCUT2D eigenvalue weighted by molar-refractivity contribution is 7.89. The number of sulfonamides is 1. The molecule has 0 atom stereocenters. The number of carbonyl (C=O) groups excluding carboxylic acids is 1. The molecule has 0 spiro atoms. The summed E-state index contributed by atoms with van der Waals surface area (Å²) in [7, 11) is -3.57. The van der Waals surface area contributed by atoms with E-state index in [4.69, 9.17) is 18.0 Å². The van der Waals surface area contributed by atoms with Crippen LogP contribution in [0.3, 0.4) is 0 Å². The number of nitro groups is 1. The summed E-state index contributed by atoms with van der Waals surface area (Å²) in [6, 6.07) is 10.3. The van der Waals surface area contributed by atoms with Crippen molar-refractivity contribution in [3.8, 4) is 0 Å². The summed E-state index contributed by atoms with van der Waals surface area (Å²) in [6.07, 6.45) is 2.70. The number of piperidine rings is 1. The number of nitro benzene ring substituents is 1. The molecule has 1 fully saturated rings. The maximum absolute atomic E-state index is 12.7. The molecule has 1 heterocycles. The lowest BCUT2D eigenvalue weighted by atomic mass is 10.2. The number of primary amides is 1. The first-order valence-corrected chi connectivity index (χ1v) is 11.3. The summed E-state index contributed by atoms with van der Waals surface area (Å²) in [5.74, 6) is 0. The van der Waals surface area contributed by atoms with Gasteiger partial charge in [0.25, 0.3) is 5.69 Å².